The molecule has 2 rings (SSSR count). The van der Waals surface area contributed by atoms with E-state index in [1.54, 1.807) is 0 Å². The normalized spacial score (nSPS) is 10.3. The molecule has 0 aliphatic rings. The summed E-state index contributed by atoms with van der Waals surface area (Å²) in [5, 5.41) is 27.6. The Kier molecular flexibility index (Phi) is 6.77. The van der Waals surface area contributed by atoms with E-state index in [4.69, 9.17) is 15.1 Å². The second-order valence-electron chi connectivity index (χ2n) is 5.43. The zero-order valence-electron chi connectivity index (χ0n) is 13.4. The standard InChI is InChI=1S/C17H20N4O3/c18-12-15-17(20-21-19-15)13-7-9-14(10-8-13)24-11-5-3-1-2-4-6-16(22)23/h7-10H,1-6,11H2,(H,22,23)(H,19,20,21). The molecule has 0 unspecified atom stereocenters. The highest BCUT2D eigenvalue weighted by molar-refractivity contribution is 5.66. The number of hydrogen-bond donors (Lipinski definition) is 2. The van der Waals surface area contributed by atoms with Crippen LogP contribution in [-0.2, 0) is 4.79 Å². The minimum absolute atomic E-state index is 0.252. The summed E-state index contributed by atoms with van der Waals surface area (Å²) >= 11 is 0. The van der Waals surface area contributed by atoms with Gasteiger partial charge in [-0.15, -0.1) is 5.10 Å². The Balaban J connectivity index is 1.68. The largest absolute Gasteiger partial charge is 0.494 e. The third kappa shape index (κ3) is 5.39. The van der Waals surface area contributed by atoms with E-state index in [-0.39, 0.29) is 6.42 Å². The van der Waals surface area contributed by atoms with Gasteiger partial charge >= 0.3 is 5.97 Å². The molecule has 0 saturated carbocycles. The molecule has 7 heteroatoms. The first-order chi connectivity index (χ1) is 11.7. The van der Waals surface area contributed by atoms with E-state index < -0.39 is 5.97 Å². The van der Waals surface area contributed by atoms with E-state index in [1.807, 2.05) is 30.3 Å². The predicted octanol–water partition coefficient (Wildman–Crippen LogP) is 3.15. The van der Waals surface area contributed by atoms with Crippen LogP contribution < -0.4 is 4.74 Å². The minimum Gasteiger partial charge on any atom is -0.494 e. The number of aromatic nitrogens is 3. The van der Waals surface area contributed by atoms with Gasteiger partial charge in [0.05, 0.1) is 6.61 Å². The Morgan fingerprint density at radius 3 is 2.58 bits per heavy atom. The van der Waals surface area contributed by atoms with E-state index >= 15 is 0 Å². The summed E-state index contributed by atoms with van der Waals surface area (Å²) in [4.78, 5) is 10.4. The van der Waals surface area contributed by atoms with Gasteiger partial charge in [0.15, 0.2) is 5.69 Å². The fraction of sp³-hybridized carbons (Fsp3) is 0.412. The van der Waals surface area contributed by atoms with E-state index in [0.717, 1.165) is 43.4 Å². The summed E-state index contributed by atoms with van der Waals surface area (Å²) in [5.74, 6) is 0.0425. The van der Waals surface area contributed by atoms with Crippen LogP contribution >= 0.6 is 0 Å². The Labute approximate surface area is 140 Å². The number of carboxylic acids is 1. The fourth-order valence-corrected chi connectivity index (χ4v) is 2.32. The number of nitrogens with zero attached hydrogens (tertiary/aromatic N) is 3. The van der Waals surface area contributed by atoms with Crippen molar-refractivity contribution in [1.82, 2.24) is 15.4 Å². The highest BCUT2D eigenvalue weighted by Crippen LogP contribution is 2.22. The zero-order valence-corrected chi connectivity index (χ0v) is 13.4. The van der Waals surface area contributed by atoms with E-state index in [0.29, 0.717) is 18.0 Å². The maximum Gasteiger partial charge on any atom is 0.303 e. The molecule has 0 saturated heterocycles. The SMILES string of the molecule is N#Cc1[nH]nnc1-c1ccc(OCCCCCCCC(=O)O)cc1. The van der Waals surface area contributed by atoms with Crippen molar-refractivity contribution in [3.63, 3.8) is 0 Å². The summed E-state index contributed by atoms with van der Waals surface area (Å²) in [6.45, 7) is 0.631. The Morgan fingerprint density at radius 2 is 1.88 bits per heavy atom. The molecule has 0 atom stereocenters. The third-order valence-electron chi connectivity index (χ3n) is 3.59. The Hall–Kier alpha value is -2.88. The van der Waals surface area contributed by atoms with E-state index in [9.17, 15) is 4.79 Å². The number of aromatic amines is 1. The van der Waals surface area contributed by atoms with Crippen LogP contribution in [-0.4, -0.2) is 33.1 Å². The number of benzene rings is 1. The molecule has 0 spiro atoms. The lowest BCUT2D eigenvalue weighted by molar-refractivity contribution is -0.137. The van der Waals surface area contributed by atoms with Crippen LogP contribution in [0.1, 0.15) is 44.2 Å². The van der Waals surface area contributed by atoms with Crippen LogP contribution in [0.15, 0.2) is 24.3 Å². The molecule has 2 aromatic rings. The van der Waals surface area contributed by atoms with Crippen LogP contribution in [0.25, 0.3) is 11.3 Å². The van der Waals surface area contributed by atoms with E-state index in [1.165, 1.54) is 0 Å². The predicted molar refractivity (Wildman–Crippen MR) is 87.4 cm³/mol. The molecule has 126 valence electrons. The number of carbonyl (C=O) groups is 1. The van der Waals surface area contributed by atoms with Crippen LogP contribution in [0.4, 0.5) is 0 Å². The first-order valence-electron chi connectivity index (χ1n) is 7.97. The molecule has 24 heavy (non-hydrogen) atoms. The van der Waals surface area contributed by atoms with Gasteiger partial charge < -0.3 is 9.84 Å². The first kappa shape index (κ1) is 17.5. The molecular formula is C17H20N4O3. The van der Waals surface area contributed by atoms with Gasteiger partial charge in [0, 0.05) is 12.0 Å². The maximum absolute atomic E-state index is 10.4. The molecule has 0 bridgehead atoms. The molecule has 1 aromatic heterocycles. The van der Waals surface area contributed by atoms with Gasteiger partial charge in [-0.2, -0.15) is 5.26 Å². The van der Waals surface area contributed by atoms with Crippen LogP contribution in [0, 0.1) is 11.3 Å². The van der Waals surface area contributed by atoms with Gasteiger partial charge in [-0.05, 0) is 37.1 Å². The molecule has 2 N–H and O–H groups in total. The topological polar surface area (TPSA) is 112 Å². The molecule has 1 heterocycles. The van der Waals surface area contributed by atoms with Gasteiger partial charge in [0.2, 0.25) is 0 Å². The number of carboxylic acid groups (broad SMARTS) is 1. The Morgan fingerprint density at radius 1 is 1.17 bits per heavy atom. The van der Waals surface area contributed by atoms with Gasteiger partial charge in [-0.1, -0.05) is 24.5 Å². The van der Waals surface area contributed by atoms with Crippen molar-refractivity contribution in [2.75, 3.05) is 6.61 Å². The number of unbranched alkanes of at least 4 members (excludes halogenated alkanes) is 4. The minimum atomic E-state index is -0.728. The van der Waals surface area contributed by atoms with E-state index in [2.05, 4.69) is 15.4 Å². The van der Waals surface area contributed by atoms with Crippen molar-refractivity contribution in [3.8, 4) is 23.1 Å². The number of nitrogens with one attached hydrogen (secondary N) is 1. The second kappa shape index (κ2) is 9.30. The Bertz CT molecular complexity index is 689. The lowest BCUT2D eigenvalue weighted by Gasteiger charge is -2.06. The van der Waals surface area contributed by atoms with Gasteiger partial charge in [0.1, 0.15) is 17.5 Å². The molecule has 0 aliphatic carbocycles. The summed E-state index contributed by atoms with van der Waals surface area (Å²) in [6.07, 6.45) is 4.93. The number of H-pyrrole nitrogens is 1. The molecule has 0 fully saturated rings. The number of rotatable bonds is 10. The van der Waals surface area contributed by atoms with Crippen LogP contribution in [0.5, 0.6) is 5.75 Å². The third-order valence-corrected chi connectivity index (χ3v) is 3.59. The van der Waals surface area contributed by atoms with Crippen molar-refractivity contribution in [2.24, 2.45) is 0 Å². The van der Waals surface area contributed by atoms with Crippen LogP contribution in [0.2, 0.25) is 0 Å². The molecule has 7 nitrogen and oxygen atoms in total. The number of nitriles is 1. The monoisotopic (exact) mass is 328 g/mol. The molecular weight excluding hydrogens is 308 g/mol. The lowest BCUT2D eigenvalue weighted by Crippen LogP contribution is -1.98. The first-order valence-corrected chi connectivity index (χ1v) is 7.97. The van der Waals surface area contributed by atoms with Crippen molar-refractivity contribution >= 4 is 5.97 Å². The molecule has 0 radical (unpaired) electrons. The fourth-order valence-electron chi connectivity index (χ4n) is 2.32. The van der Waals surface area contributed by atoms with Crippen molar-refractivity contribution in [2.45, 2.75) is 38.5 Å². The molecule has 1 aromatic carbocycles. The summed E-state index contributed by atoms with van der Waals surface area (Å²) < 4.78 is 5.68. The van der Waals surface area contributed by atoms with Crippen molar-refractivity contribution < 1.29 is 14.6 Å². The van der Waals surface area contributed by atoms with Crippen molar-refractivity contribution in [1.29, 1.82) is 5.26 Å². The number of ether oxygens (including phenoxy) is 1. The average Bonchev–Trinajstić information content (AvgIpc) is 3.06. The maximum atomic E-state index is 10.4. The summed E-state index contributed by atoms with van der Waals surface area (Å²) in [7, 11) is 0. The van der Waals surface area contributed by atoms with Gasteiger partial charge in [-0.25, -0.2) is 5.10 Å². The second-order valence-corrected chi connectivity index (χ2v) is 5.43. The average molecular weight is 328 g/mol. The quantitative estimate of drug-likeness (QED) is 0.648. The van der Waals surface area contributed by atoms with Gasteiger partial charge in [-0.3, -0.25) is 4.79 Å². The summed E-state index contributed by atoms with van der Waals surface area (Å²) in [6, 6.07) is 9.40. The highest BCUT2D eigenvalue weighted by Gasteiger charge is 2.08. The molecule has 0 aliphatic heterocycles. The van der Waals surface area contributed by atoms with Crippen molar-refractivity contribution in [3.05, 3.63) is 30.0 Å². The number of aliphatic carboxylic acids is 1. The van der Waals surface area contributed by atoms with Crippen LogP contribution in [0.3, 0.4) is 0 Å². The van der Waals surface area contributed by atoms with Gasteiger partial charge in [0.25, 0.3) is 0 Å². The number of hydrogen-bond acceptors (Lipinski definition) is 5. The smallest absolute Gasteiger partial charge is 0.303 e. The molecule has 0 amide bonds. The summed E-state index contributed by atoms with van der Waals surface area (Å²) in [5.41, 5.74) is 1.68. The zero-order chi connectivity index (χ0) is 17.2. The lowest BCUT2D eigenvalue weighted by atomic mass is 10.1. The highest BCUT2D eigenvalue weighted by atomic mass is 16.5.